The molecule has 25 heavy (non-hydrogen) atoms. The third-order valence-electron chi connectivity index (χ3n) is 4.13. The van der Waals surface area contributed by atoms with Gasteiger partial charge in [0.1, 0.15) is 6.61 Å². The summed E-state index contributed by atoms with van der Waals surface area (Å²) in [4.78, 5) is 40.0. The summed E-state index contributed by atoms with van der Waals surface area (Å²) >= 11 is 1.44. The molecule has 4 rings (SSSR count). The van der Waals surface area contributed by atoms with Gasteiger partial charge in [-0.05, 0) is 6.07 Å². The lowest BCUT2D eigenvalue weighted by Gasteiger charge is -2.35. The zero-order valence-electron chi connectivity index (χ0n) is 13.3. The lowest BCUT2D eigenvalue weighted by molar-refractivity contribution is 0.127. The Morgan fingerprint density at radius 1 is 1.36 bits per heavy atom. The topological polar surface area (TPSA) is 101 Å². The highest BCUT2D eigenvalue weighted by Gasteiger charge is 2.38. The molecule has 10 heteroatoms. The van der Waals surface area contributed by atoms with Crippen LogP contribution in [0.5, 0.6) is 0 Å². The summed E-state index contributed by atoms with van der Waals surface area (Å²) in [5.74, 6) is 0.576. The molecule has 1 unspecified atom stereocenters. The number of hydrogen-bond acceptors (Lipinski definition) is 7. The molecular formula is C15H16N6O3S. The number of nitrogens with zero attached hydrogens (tertiary/aromatic N) is 5. The first-order chi connectivity index (χ1) is 12.2. The van der Waals surface area contributed by atoms with E-state index in [-0.39, 0.29) is 18.2 Å². The summed E-state index contributed by atoms with van der Waals surface area (Å²) in [5.41, 5.74) is 0.763. The average Bonchev–Trinajstić information content (AvgIpc) is 3.27. The van der Waals surface area contributed by atoms with Gasteiger partial charge in [-0.2, -0.15) is 0 Å². The van der Waals surface area contributed by atoms with E-state index in [4.69, 9.17) is 4.74 Å². The molecule has 1 N–H and O–H groups in total. The zero-order valence-corrected chi connectivity index (χ0v) is 14.1. The van der Waals surface area contributed by atoms with E-state index in [2.05, 4.69) is 20.3 Å². The van der Waals surface area contributed by atoms with Crippen molar-refractivity contribution in [1.29, 1.82) is 0 Å². The maximum atomic E-state index is 12.3. The van der Waals surface area contributed by atoms with Gasteiger partial charge in [0.05, 0.1) is 18.3 Å². The van der Waals surface area contributed by atoms with Crippen LogP contribution in [0.4, 0.5) is 9.59 Å². The van der Waals surface area contributed by atoms with Gasteiger partial charge in [-0.15, -0.1) is 11.3 Å². The van der Waals surface area contributed by atoms with Crippen LogP contribution >= 0.6 is 11.3 Å². The second-order valence-corrected chi connectivity index (χ2v) is 6.60. The second-order valence-electron chi connectivity index (χ2n) is 5.75. The molecule has 130 valence electrons. The van der Waals surface area contributed by atoms with E-state index < -0.39 is 0 Å². The van der Waals surface area contributed by atoms with E-state index in [1.165, 1.54) is 11.3 Å². The van der Waals surface area contributed by atoms with Crippen molar-refractivity contribution >= 4 is 23.5 Å². The Labute approximate surface area is 147 Å². The third-order valence-corrected chi connectivity index (χ3v) is 5.02. The maximum absolute atomic E-state index is 12.3. The van der Waals surface area contributed by atoms with E-state index in [0.29, 0.717) is 38.6 Å². The van der Waals surface area contributed by atoms with Crippen LogP contribution in [0, 0.1) is 0 Å². The molecule has 0 spiro atoms. The molecule has 2 fully saturated rings. The number of carbonyl (C=O) groups is 2. The van der Waals surface area contributed by atoms with E-state index >= 15 is 0 Å². The molecule has 9 nitrogen and oxygen atoms in total. The van der Waals surface area contributed by atoms with Gasteiger partial charge in [0, 0.05) is 37.4 Å². The number of piperazine rings is 1. The number of thiazole rings is 1. The minimum Gasteiger partial charge on any atom is -0.447 e. The highest BCUT2D eigenvalue weighted by atomic mass is 32.1. The van der Waals surface area contributed by atoms with Crippen molar-refractivity contribution < 1.29 is 14.3 Å². The van der Waals surface area contributed by atoms with Gasteiger partial charge in [-0.3, -0.25) is 4.90 Å². The van der Waals surface area contributed by atoms with Gasteiger partial charge in [-0.25, -0.2) is 24.5 Å². The number of carbonyl (C=O) groups excluding carboxylic acids is 2. The Morgan fingerprint density at radius 3 is 3.04 bits per heavy atom. The second kappa shape index (κ2) is 6.63. The SMILES string of the molecule is O=C(NCc1csc(-c2ncccn2)n1)N1CCN2C(=O)OCC2C1. The Kier molecular flexibility index (Phi) is 4.18. The van der Waals surface area contributed by atoms with E-state index in [0.717, 1.165) is 10.7 Å². The normalized spacial score (nSPS) is 19.5. The molecule has 2 aliphatic rings. The van der Waals surface area contributed by atoms with Gasteiger partial charge in [0.25, 0.3) is 0 Å². The smallest absolute Gasteiger partial charge is 0.410 e. The molecular weight excluding hydrogens is 344 g/mol. The van der Waals surface area contributed by atoms with Crippen LogP contribution in [0.1, 0.15) is 5.69 Å². The van der Waals surface area contributed by atoms with E-state index in [1.54, 1.807) is 28.3 Å². The van der Waals surface area contributed by atoms with Crippen LogP contribution in [0.3, 0.4) is 0 Å². The predicted octanol–water partition coefficient (Wildman–Crippen LogP) is 0.946. The first-order valence-corrected chi connectivity index (χ1v) is 8.76. The van der Waals surface area contributed by atoms with Gasteiger partial charge in [0.2, 0.25) is 0 Å². The zero-order chi connectivity index (χ0) is 17.2. The van der Waals surface area contributed by atoms with Crippen LogP contribution in [0.15, 0.2) is 23.8 Å². The Hall–Kier alpha value is -2.75. The summed E-state index contributed by atoms with van der Waals surface area (Å²) in [5, 5.41) is 5.48. The monoisotopic (exact) mass is 360 g/mol. The number of amides is 3. The molecule has 0 bridgehead atoms. The van der Waals surface area contributed by atoms with Crippen molar-refractivity contribution in [2.24, 2.45) is 0 Å². The highest BCUT2D eigenvalue weighted by molar-refractivity contribution is 7.13. The van der Waals surface area contributed by atoms with Crippen molar-refractivity contribution in [3.05, 3.63) is 29.5 Å². The fourth-order valence-corrected chi connectivity index (χ4v) is 3.62. The summed E-state index contributed by atoms with van der Waals surface area (Å²) in [6.45, 7) is 2.16. The molecule has 1 atom stereocenters. The molecule has 2 saturated heterocycles. The van der Waals surface area contributed by atoms with Crippen LogP contribution in [-0.2, 0) is 11.3 Å². The summed E-state index contributed by atoms with van der Waals surface area (Å²) in [6, 6.07) is 1.54. The first kappa shape index (κ1) is 15.8. The van der Waals surface area contributed by atoms with Crippen molar-refractivity contribution in [3.8, 4) is 10.8 Å². The third kappa shape index (κ3) is 3.25. The van der Waals surface area contributed by atoms with Crippen molar-refractivity contribution in [2.45, 2.75) is 12.6 Å². The standard InChI is InChI=1S/C15H16N6O3S/c22-14(20-4-5-21-11(7-20)8-24-15(21)23)18-6-10-9-25-13(19-10)12-16-2-1-3-17-12/h1-3,9,11H,4-8H2,(H,18,22). The number of nitrogens with one attached hydrogen (secondary N) is 1. The lowest BCUT2D eigenvalue weighted by atomic mass is 10.2. The van der Waals surface area contributed by atoms with Gasteiger partial charge in [-0.1, -0.05) is 0 Å². The summed E-state index contributed by atoms with van der Waals surface area (Å²) in [6.07, 6.45) is 3.05. The van der Waals surface area contributed by atoms with Crippen molar-refractivity contribution in [1.82, 2.24) is 30.1 Å². The largest absolute Gasteiger partial charge is 0.447 e. The number of ether oxygens (including phenoxy) is 1. The molecule has 0 radical (unpaired) electrons. The molecule has 0 saturated carbocycles. The molecule has 0 aliphatic carbocycles. The van der Waals surface area contributed by atoms with E-state index in [9.17, 15) is 9.59 Å². The minimum atomic E-state index is -0.289. The Bertz CT molecular complexity index is 783. The average molecular weight is 360 g/mol. The van der Waals surface area contributed by atoms with E-state index in [1.807, 2.05) is 5.38 Å². The van der Waals surface area contributed by atoms with Gasteiger partial charge < -0.3 is 15.0 Å². The van der Waals surface area contributed by atoms with Gasteiger partial charge in [0.15, 0.2) is 10.8 Å². The number of aromatic nitrogens is 3. The molecule has 2 aliphatic heterocycles. The van der Waals surface area contributed by atoms with Crippen molar-refractivity contribution in [3.63, 3.8) is 0 Å². The van der Waals surface area contributed by atoms with Crippen LogP contribution in [0.25, 0.3) is 10.8 Å². The number of urea groups is 1. The number of rotatable bonds is 3. The predicted molar refractivity (Wildman–Crippen MR) is 88.8 cm³/mol. The molecule has 3 amide bonds. The molecule has 0 aromatic carbocycles. The summed E-state index contributed by atoms with van der Waals surface area (Å²) in [7, 11) is 0. The van der Waals surface area contributed by atoms with Crippen LogP contribution in [-0.4, -0.2) is 69.2 Å². The van der Waals surface area contributed by atoms with Crippen LogP contribution < -0.4 is 5.32 Å². The molecule has 2 aromatic rings. The molecule has 2 aromatic heterocycles. The fraction of sp³-hybridized carbons (Fsp3) is 0.400. The quantitative estimate of drug-likeness (QED) is 0.874. The lowest BCUT2D eigenvalue weighted by Crippen LogP contribution is -2.55. The van der Waals surface area contributed by atoms with Crippen LogP contribution in [0.2, 0.25) is 0 Å². The van der Waals surface area contributed by atoms with Crippen molar-refractivity contribution in [2.75, 3.05) is 26.2 Å². The maximum Gasteiger partial charge on any atom is 0.410 e. The Morgan fingerprint density at radius 2 is 2.20 bits per heavy atom. The summed E-state index contributed by atoms with van der Waals surface area (Å²) < 4.78 is 5.01. The fourth-order valence-electron chi connectivity index (χ4n) is 2.85. The number of cyclic esters (lactones) is 1. The molecule has 4 heterocycles. The first-order valence-electron chi connectivity index (χ1n) is 7.88. The van der Waals surface area contributed by atoms with Gasteiger partial charge >= 0.3 is 12.1 Å². The minimum absolute atomic E-state index is 0.0481. The number of hydrogen-bond donors (Lipinski definition) is 1. The Balaban J connectivity index is 1.32. The highest BCUT2D eigenvalue weighted by Crippen LogP contribution is 2.20. The number of fused-ring (bicyclic) bond motifs is 1.